The summed E-state index contributed by atoms with van der Waals surface area (Å²) in [6, 6.07) is 0. The quantitative estimate of drug-likeness (QED) is 0.169. The second-order valence-electron chi connectivity index (χ2n) is 20.8. The van der Waals surface area contributed by atoms with Gasteiger partial charge in [0.1, 0.15) is 6.10 Å². The summed E-state index contributed by atoms with van der Waals surface area (Å²) in [5.41, 5.74) is 1.87. The monoisotopic (exact) mass is 768 g/mol. The lowest BCUT2D eigenvalue weighted by molar-refractivity contribution is -0.213. The number of hydrogen-bond acceptors (Lipinski definition) is 10. The molecule has 0 aromatic rings. The lowest BCUT2D eigenvalue weighted by Gasteiger charge is -2.67. The average Bonchev–Trinajstić information content (AvgIpc) is 3.44. The van der Waals surface area contributed by atoms with E-state index in [9.17, 15) is 30.3 Å². The second-order valence-corrected chi connectivity index (χ2v) is 20.8. The van der Waals surface area contributed by atoms with Gasteiger partial charge < -0.3 is 46.6 Å². The Kier molecular flexibility index (Phi) is 10.7. The molecule has 0 radical (unpaired) electrons. The molecule has 10 nitrogen and oxygen atoms in total. The molecule has 310 valence electrons. The standard InChI is InChI=1S/C45H73N3O7/c1-6-7-26-8-11-29-25(2)38(55-35(29)12-9-26)40(52)42(4,53)36-15-17-45(54)31-19-32(49)30-18-33(50)34(51)21-44(30)20-27(28-10-13-37(46)48-22-28)14-16-43(24-47-5,39(31)44)23-41(36,45)3/h14,16,19,25-30,33-40,47-48,50-54H,6-13,15,17-18,20-24,46H2,1-5H3/t25-,26+,27+,28?,29+,30-,33+,34-,35+,36+,37?,38+,39?,40+,41+,42+,43+,44-,45-/m0/s1. The van der Waals surface area contributed by atoms with Crippen LogP contribution < -0.4 is 16.4 Å². The van der Waals surface area contributed by atoms with Gasteiger partial charge in [-0.3, -0.25) is 4.79 Å². The van der Waals surface area contributed by atoms with Gasteiger partial charge in [0.05, 0.1) is 41.8 Å². The molecular formula is C45H73N3O7. The van der Waals surface area contributed by atoms with Gasteiger partial charge in [-0.25, -0.2) is 0 Å². The Hall–Kier alpha value is -1.21. The number of aliphatic hydroxyl groups is 5. The number of ether oxygens (including phenoxy) is 1. The minimum Gasteiger partial charge on any atom is -0.390 e. The summed E-state index contributed by atoms with van der Waals surface area (Å²) in [5, 5.41) is 68.3. The van der Waals surface area contributed by atoms with Crippen molar-refractivity contribution in [3.8, 4) is 0 Å². The van der Waals surface area contributed by atoms with Gasteiger partial charge in [-0.05, 0) is 150 Å². The molecule has 10 heteroatoms. The fourth-order valence-electron chi connectivity index (χ4n) is 15.4. The van der Waals surface area contributed by atoms with Gasteiger partial charge in [0.15, 0.2) is 5.78 Å². The minimum absolute atomic E-state index is 0.0365. The molecule has 2 aliphatic heterocycles. The first-order chi connectivity index (χ1) is 26.0. The maximum Gasteiger partial charge on any atom is 0.159 e. The van der Waals surface area contributed by atoms with E-state index in [1.165, 1.54) is 19.3 Å². The first-order valence-corrected chi connectivity index (χ1v) is 22.3. The van der Waals surface area contributed by atoms with E-state index in [1.807, 2.05) is 7.05 Å². The van der Waals surface area contributed by atoms with Crippen molar-refractivity contribution < 1.29 is 35.1 Å². The lowest BCUT2D eigenvalue weighted by Crippen LogP contribution is -2.69. The van der Waals surface area contributed by atoms with Crippen LogP contribution in [0.2, 0.25) is 0 Å². The largest absolute Gasteiger partial charge is 0.390 e. The van der Waals surface area contributed by atoms with E-state index in [0.29, 0.717) is 50.5 Å². The second kappa shape index (κ2) is 14.5. The molecule has 55 heavy (non-hydrogen) atoms. The van der Waals surface area contributed by atoms with Crippen LogP contribution in [-0.4, -0.2) is 99.3 Å². The van der Waals surface area contributed by atoms with Gasteiger partial charge in [0.25, 0.3) is 0 Å². The number of rotatable bonds is 8. The van der Waals surface area contributed by atoms with Gasteiger partial charge in [-0.15, -0.1) is 0 Å². The number of fused-ring (bicyclic) bond motifs is 3. The minimum atomic E-state index is -1.58. The Morgan fingerprint density at radius 1 is 1.11 bits per heavy atom. The summed E-state index contributed by atoms with van der Waals surface area (Å²) in [4.78, 5) is 14.6. The van der Waals surface area contributed by atoms with Gasteiger partial charge >= 0.3 is 0 Å². The number of aliphatic hydroxyl groups excluding tert-OH is 3. The third-order valence-electron chi connectivity index (χ3n) is 18.0. The molecule has 2 heterocycles. The Balaban J connectivity index is 1.18. The number of carbonyl (C=O) groups excluding carboxylic acids is 1. The summed E-state index contributed by atoms with van der Waals surface area (Å²) < 4.78 is 6.77. The van der Waals surface area contributed by atoms with Crippen molar-refractivity contribution in [2.45, 2.75) is 165 Å². The molecule has 1 spiro atoms. The van der Waals surface area contributed by atoms with Crippen molar-refractivity contribution in [2.75, 3.05) is 20.1 Å². The summed E-state index contributed by atoms with van der Waals surface area (Å²) in [6.07, 6.45) is 14.2. The first-order valence-electron chi connectivity index (χ1n) is 22.3. The number of piperidine rings is 1. The Labute approximate surface area is 329 Å². The van der Waals surface area contributed by atoms with E-state index in [0.717, 1.165) is 50.1 Å². The molecule has 0 bridgehead atoms. The number of nitrogens with one attached hydrogen (secondary N) is 2. The van der Waals surface area contributed by atoms with Crippen molar-refractivity contribution >= 4 is 5.78 Å². The van der Waals surface area contributed by atoms with Crippen molar-refractivity contribution in [3.63, 3.8) is 0 Å². The SMILES string of the molecule is CCC[C@@H]1CC[C@@H]2[C@H](C)[C@H]([C@@H](O)[C@](C)(O)[C@@H]3CC[C@]4(O)C5=CC(=O)[C@@H]6C[C@@H](O)[C@@H](O)C[C@@]67C[C@H](C6CCC(N)NC6)C=C[C@](CNC)(C[C@]34C)C57)O[C@@H]2CC1. The van der Waals surface area contributed by atoms with Crippen molar-refractivity contribution in [3.05, 3.63) is 23.8 Å². The molecule has 6 aliphatic carbocycles. The van der Waals surface area contributed by atoms with Crippen molar-refractivity contribution in [1.82, 2.24) is 10.6 Å². The van der Waals surface area contributed by atoms with Crippen LogP contribution in [0, 0.1) is 63.6 Å². The smallest absolute Gasteiger partial charge is 0.159 e. The fraction of sp³-hybridized carbons (Fsp3) is 0.889. The molecule has 8 aliphatic rings. The van der Waals surface area contributed by atoms with E-state index in [1.54, 1.807) is 13.0 Å². The molecule has 0 aromatic heterocycles. The Morgan fingerprint density at radius 3 is 2.58 bits per heavy atom. The zero-order valence-corrected chi connectivity index (χ0v) is 34.3. The molecule has 3 unspecified atom stereocenters. The first kappa shape index (κ1) is 40.6. The summed E-state index contributed by atoms with van der Waals surface area (Å²) in [5.74, 6) is 0.318. The lowest BCUT2D eigenvalue weighted by atomic mass is 9.38. The van der Waals surface area contributed by atoms with Crippen LogP contribution in [-0.2, 0) is 9.53 Å². The maximum atomic E-state index is 14.6. The van der Waals surface area contributed by atoms with Crippen LogP contribution in [0.4, 0.5) is 0 Å². The molecule has 0 amide bonds. The number of allylic oxidation sites excluding steroid dienone is 2. The Bertz CT molecular complexity index is 1510. The number of ketones is 1. The van der Waals surface area contributed by atoms with E-state index >= 15 is 0 Å². The summed E-state index contributed by atoms with van der Waals surface area (Å²) >= 11 is 0. The van der Waals surface area contributed by atoms with E-state index < -0.39 is 63.7 Å². The van der Waals surface area contributed by atoms with Crippen LogP contribution in [0.5, 0.6) is 0 Å². The zero-order chi connectivity index (χ0) is 39.3. The van der Waals surface area contributed by atoms with Crippen LogP contribution in [0.3, 0.4) is 0 Å². The molecule has 8 rings (SSSR count). The number of carbonyl (C=O) groups is 1. The summed E-state index contributed by atoms with van der Waals surface area (Å²) in [7, 11) is 1.96. The van der Waals surface area contributed by atoms with E-state index in [2.05, 4.69) is 43.6 Å². The highest BCUT2D eigenvalue weighted by molar-refractivity contribution is 5.95. The molecule has 2 saturated heterocycles. The highest BCUT2D eigenvalue weighted by atomic mass is 16.5. The highest BCUT2D eigenvalue weighted by Gasteiger charge is 2.75. The molecule has 6 fully saturated rings. The molecule has 19 atom stereocenters. The maximum absolute atomic E-state index is 14.6. The van der Waals surface area contributed by atoms with Gasteiger partial charge in [0, 0.05) is 23.3 Å². The summed E-state index contributed by atoms with van der Waals surface area (Å²) in [6.45, 7) is 9.68. The van der Waals surface area contributed by atoms with E-state index in [-0.39, 0.29) is 42.2 Å². The fourth-order valence-corrected chi connectivity index (χ4v) is 15.4. The van der Waals surface area contributed by atoms with Gasteiger partial charge in [-0.1, -0.05) is 52.2 Å². The molecule has 4 saturated carbocycles. The van der Waals surface area contributed by atoms with Crippen LogP contribution in [0.25, 0.3) is 0 Å². The van der Waals surface area contributed by atoms with Gasteiger partial charge in [0.2, 0.25) is 0 Å². The third kappa shape index (κ3) is 6.15. The molecule has 9 N–H and O–H groups in total. The number of nitrogens with two attached hydrogens (primary N) is 1. The van der Waals surface area contributed by atoms with Crippen molar-refractivity contribution in [2.24, 2.45) is 69.3 Å². The van der Waals surface area contributed by atoms with E-state index in [4.69, 9.17) is 10.5 Å². The van der Waals surface area contributed by atoms with Crippen LogP contribution in [0.1, 0.15) is 118 Å². The van der Waals surface area contributed by atoms with Gasteiger partial charge in [-0.2, -0.15) is 0 Å². The predicted molar refractivity (Wildman–Crippen MR) is 211 cm³/mol. The highest BCUT2D eigenvalue weighted by Crippen LogP contribution is 2.75. The number of hydrogen-bond donors (Lipinski definition) is 8. The predicted octanol–water partition coefficient (Wildman–Crippen LogP) is 3.97. The normalized spacial score (nSPS) is 52.5. The average molecular weight is 768 g/mol. The topological polar surface area (TPSA) is 178 Å². The molecule has 0 aromatic carbocycles. The third-order valence-corrected chi connectivity index (χ3v) is 18.0. The van der Waals surface area contributed by atoms with Crippen LogP contribution in [0.15, 0.2) is 23.8 Å². The molecular weight excluding hydrogens is 695 g/mol. The zero-order valence-electron chi connectivity index (χ0n) is 34.3. The Morgan fingerprint density at radius 2 is 1.87 bits per heavy atom. The van der Waals surface area contributed by atoms with Crippen molar-refractivity contribution in [1.29, 1.82) is 0 Å². The van der Waals surface area contributed by atoms with Crippen LogP contribution >= 0.6 is 0 Å².